The fourth-order valence-electron chi connectivity index (χ4n) is 3.30. The topological polar surface area (TPSA) is 49.4 Å². The Kier molecular flexibility index (Phi) is 7.57. The summed E-state index contributed by atoms with van der Waals surface area (Å²) in [6.45, 7) is 3.72. The average Bonchev–Trinajstić information content (AvgIpc) is 3.23. The van der Waals surface area contributed by atoms with Crippen molar-refractivity contribution in [3.63, 3.8) is 0 Å². The van der Waals surface area contributed by atoms with E-state index < -0.39 is 0 Å². The molecule has 3 rings (SSSR count). The number of thioether (sulfide) groups is 1. The van der Waals surface area contributed by atoms with Crippen molar-refractivity contribution >= 4 is 39.5 Å². The minimum Gasteiger partial charge on any atom is -0.349 e. The molecule has 0 bridgehead atoms. The molecule has 1 aliphatic rings. The Labute approximate surface area is 179 Å². The molecule has 2 aromatic carbocycles. The molecule has 148 valence electrons. The Morgan fingerprint density at radius 2 is 1.79 bits per heavy atom. The first-order valence-electron chi connectivity index (χ1n) is 9.58. The van der Waals surface area contributed by atoms with Crippen molar-refractivity contribution in [1.82, 2.24) is 10.2 Å². The number of likely N-dealkylation sites (tertiary alicyclic amines) is 1. The van der Waals surface area contributed by atoms with Crippen molar-refractivity contribution in [2.45, 2.75) is 37.1 Å². The molecule has 28 heavy (non-hydrogen) atoms. The molecule has 4 nitrogen and oxygen atoms in total. The van der Waals surface area contributed by atoms with Gasteiger partial charge in [0.2, 0.25) is 5.91 Å². The summed E-state index contributed by atoms with van der Waals surface area (Å²) in [5.74, 6) is 0.432. The van der Waals surface area contributed by atoms with Crippen molar-refractivity contribution in [2.24, 2.45) is 0 Å². The van der Waals surface area contributed by atoms with Crippen LogP contribution in [-0.2, 0) is 11.2 Å². The molecular weight excluding hydrogens is 436 g/mol. The summed E-state index contributed by atoms with van der Waals surface area (Å²) < 4.78 is 1.04. The van der Waals surface area contributed by atoms with Crippen LogP contribution in [-0.4, -0.2) is 41.6 Å². The van der Waals surface area contributed by atoms with Crippen molar-refractivity contribution < 1.29 is 9.59 Å². The van der Waals surface area contributed by atoms with Gasteiger partial charge in [-0.05, 0) is 56.0 Å². The number of halogens is 1. The summed E-state index contributed by atoms with van der Waals surface area (Å²) in [4.78, 5) is 27.9. The van der Waals surface area contributed by atoms with Gasteiger partial charge in [-0.2, -0.15) is 0 Å². The number of rotatable bonds is 7. The molecule has 0 saturated carbocycles. The molecule has 2 amide bonds. The third kappa shape index (κ3) is 5.85. The van der Waals surface area contributed by atoms with Gasteiger partial charge in [0.15, 0.2) is 0 Å². The van der Waals surface area contributed by atoms with E-state index in [1.54, 1.807) is 0 Å². The van der Waals surface area contributed by atoms with Crippen LogP contribution in [0.25, 0.3) is 0 Å². The van der Waals surface area contributed by atoms with Crippen LogP contribution in [0, 0.1) is 0 Å². The Bertz CT molecular complexity index is 820. The van der Waals surface area contributed by atoms with Gasteiger partial charge in [-0.1, -0.05) is 40.2 Å². The number of hydrogen-bond acceptors (Lipinski definition) is 3. The molecule has 1 heterocycles. The van der Waals surface area contributed by atoms with Crippen molar-refractivity contribution in [1.29, 1.82) is 0 Å². The van der Waals surface area contributed by atoms with E-state index in [1.165, 1.54) is 17.3 Å². The maximum atomic E-state index is 12.8. The number of carbonyl (C=O) groups excluding carboxylic acids is 2. The standard InChI is InChI=1S/C22H25BrN2O2S/c1-16(14-17-8-10-18(23)11-9-17)24-22(27)19-6-2-3-7-20(19)28-15-21(26)25-12-4-5-13-25/h2-3,6-11,16H,4-5,12-15H2,1H3,(H,24,27)/t16-/m0/s1. The van der Waals surface area contributed by atoms with Gasteiger partial charge in [-0.25, -0.2) is 0 Å². The predicted octanol–water partition coefficient (Wildman–Crippen LogP) is 4.52. The van der Waals surface area contributed by atoms with Crippen molar-refractivity contribution in [3.05, 3.63) is 64.1 Å². The number of benzene rings is 2. The van der Waals surface area contributed by atoms with E-state index >= 15 is 0 Å². The lowest BCUT2D eigenvalue weighted by Crippen LogP contribution is -2.34. The lowest BCUT2D eigenvalue weighted by Gasteiger charge is -2.17. The zero-order valence-corrected chi connectivity index (χ0v) is 18.4. The fourth-order valence-corrected chi connectivity index (χ4v) is 4.52. The van der Waals surface area contributed by atoms with Crippen LogP contribution in [0.5, 0.6) is 0 Å². The molecule has 1 atom stereocenters. The molecule has 1 saturated heterocycles. The van der Waals surface area contributed by atoms with E-state index in [2.05, 4.69) is 33.4 Å². The van der Waals surface area contributed by atoms with Gasteiger partial charge in [0.1, 0.15) is 0 Å². The zero-order valence-electron chi connectivity index (χ0n) is 16.0. The Morgan fingerprint density at radius 1 is 1.11 bits per heavy atom. The predicted molar refractivity (Wildman–Crippen MR) is 118 cm³/mol. The summed E-state index contributed by atoms with van der Waals surface area (Å²) in [5, 5.41) is 3.08. The molecule has 6 heteroatoms. The molecule has 1 fully saturated rings. The largest absolute Gasteiger partial charge is 0.349 e. The second kappa shape index (κ2) is 10.1. The van der Waals surface area contributed by atoms with Gasteiger partial charge < -0.3 is 10.2 Å². The lowest BCUT2D eigenvalue weighted by molar-refractivity contribution is -0.127. The van der Waals surface area contributed by atoms with Crippen LogP contribution in [0.2, 0.25) is 0 Å². The second-order valence-corrected chi connectivity index (χ2v) is 9.01. The average molecular weight is 461 g/mol. The van der Waals surface area contributed by atoms with Gasteiger partial charge in [0.05, 0.1) is 11.3 Å². The molecule has 2 aromatic rings. The minimum atomic E-state index is -0.0960. The number of amides is 2. The first-order valence-corrected chi connectivity index (χ1v) is 11.4. The molecule has 1 aliphatic heterocycles. The quantitative estimate of drug-likeness (QED) is 0.617. The van der Waals surface area contributed by atoms with Gasteiger partial charge in [0, 0.05) is 28.5 Å². The highest BCUT2D eigenvalue weighted by Crippen LogP contribution is 2.24. The summed E-state index contributed by atoms with van der Waals surface area (Å²) >= 11 is 4.88. The Balaban J connectivity index is 1.58. The fraction of sp³-hybridized carbons (Fsp3) is 0.364. The Hall–Kier alpha value is -1.79. The SMILES string of the molecule is C[C@@H](Cc1ccc(Br)cc1)NC(=O)c1ccccc1SCC(=O)N1CCCC1. The Morgan fingerprint density at radius 3 is 2.50 bits per heavy atom. The molecule has 0 radical (unpaired) electrons. The van der Waals surface area contributed by atoms with Crippen LogP contribution in [0.15, 0.2) is 57.9 Å². The van der Waals surface area contributed by atoms with E-state index in [1.807, 2.05) is 48.2 Å². The van der Waals surface area contributed by atoms with Crippen molar-refractivity contribution in [2.75, 3.05) is 18.8 Å². The third-order valence-electron chi connectivity index (χ3n) is 4.77. The highest BCUT2D eigenvalue weighted by molar-refractivity contribution is 9.10. The summed E-state index contributed by atoms with van der Waals surface area (Å²) in [6, 6.07) is 15.6. The van der Waals surface area contributed by atoms with Crippen LogP contribution >= 0.6 is 27.7 Å². The highest BCUT2D eigenvalue weighted by Gasteiger charge is 2.19. The number of hydrogen-bond donors (Lipinski definition) is 1. The molecule has 1 N–H and O–H groups in total. The monoisotopic (exact) mass is 460 g/mol. The minimum absolute atomic E-state index is 0.0120. The third-order valence-corrected chi connectivity index (χ3v) is 6.36. The van der Waals surface area contributed by atoms with Crippen molar-refractivity contribution in [3.8, 4) is 0 Å². The highest BCUT2D eigenvalue weighted by atomic mass is 79.9. The van der Waals surface area contributed by atoms with E-state index in [-0.39, 0.29) is 17.9 Å². The lowest BCUT2D eigenvalue weighted by atomic mass is 10.1. The normalized spacial score (nSPS) is 14.7. The number of nitrogens with one attached hydrogen (secondary N) is 1. The molecule has 0 aliphatic carbocycles. The smallest absolute Gasteiger partial charge is 0.252 e. The first kappa shape index (κ1) is 20.9. The van der Waals surface area contributed by atoms with E-state index in [9.17, 15) is 9.59 Å². The first-order chi connectivity index (χ1) is 13.5. The maximum Gasteiger partial charge on any atom is 0.252 e. The van der Waals surface area contributed by atoms with Gasteiger partial charge in [0.25, 0.3) is 5.91 Å². The van der Waals surface area contributed by atoms with E-state index in [4.69, 9.17) is 0 Å². The van der Waals surface area contributed by atoms with Gasteiger partial charge in [-0.3, -0.25) is 9.59 Å². The second-order valence-electron chi connectivity index (χ2n) is 7.08. The van der Waals surface area contributed by atoms with Crippen LogP contribution in [0.1, 0.15) is 35.7 Å². The zero-order chi connectivity index (χ0) is 19.9. The van der Waals surface area contributed by atoms with E-state index in [0.717, 1.165) is 41.7 Å². The maximum absolute atomic E-state index is 12.8. The summed E-state index contributed by atoms with van der Waals surface area (Å²) in [7, 11) is 0. The molecule has 0 unspecified atom stereocenters. The van der Waals surface area contributed by atoms with Crippen LogP contribution in [0.3, 0.4) is 0 Å². The summed E-state index contributed by atoms with van der Waals surface area (Å²) in [5.41, 5.74) is 1.80. The number of nitrogens with zero attached hydrogens (tertiary/aromatic N) is 1. The molecular formula is C22H25BrN2O2S. The van der Waals surface area contributed by atoms with E-state index in [0.29, 0.717) is 11.3 Å². The van der Waals surface area contributed by atoms with Crippen LogP contribution < -0.4 is 5.32 Å². The van der Waals surface area contributed by atoms with Gasteiger partial charge in [-0.15, -0.1) is 11.8 Å². The molecule has 0 spiro atoms. The number of carbonyl (C=O) groups is 2. The molecule has 0 aromatic heterocycles. The van der Waals surface area contributed by atoms with Gasteiger partial charge >= 0.3 is 0 Å². The summed E-state index contributed by atoms with van der Waals surface area (Å²) in [6.07, 6.45) is 2.94. The van der Waals surface area contributed by atoms with Crippen LogP contribution in [0.4, 0.5) is 0 Å².